The number of ketones is 1. The van der Waals surface area contributed by atoms with Crippen molar-refractivity contribution >= 4 is 11.8 Å². The van der Waals surface area contributed by atoms with E-state index in [0.29, 0.717) is 22.6 Å². The molecular formula is C27H34O5. The van der Waals surface area contributed by atoms with Crippen LogP contribution < -0.4 is 0 Å². The summed E-state index contributed by atoms with van der Waals surface area (Å²) in [5, 5.41) is 22.4. The minimum Gasteiger partial charge on any atom is -0.447 e. The molecule has 0 radical (unpaired) electrons. The van der Waals surface area contributed by atoms with Crippen molar-refractivity contribution in [1.82, 2.24) is 0 Å². The fraction of sp³-hybridized carbons (Fsp3) is 0.556. The van der Waals surface area contributed by atoms with E-state index in [4.69, 9.17) is 4.74 Å². The Hall–Kier alpha value is -2.24. The molecule has 1 aromatic rings. The fourth-order valence-electron chi connectivity index (χ4n) is 5.97. The molecule has 2 saturated carbocycles. The van der Waals surface area contributed by atoms with Crippen LogP contribution in [0.5, 0.6) is 0 Å². The highest BCUT2D eigenvalue weighted by atomic mass is 16.6. The zero-order chi connectivity index (χ0) is 23.4. The van der Waals surface area contributed by atoms with Crippen molar-refractivity contribution in [3.05, 3.63) is 59.2 Å². The molecule has 3 aliphatic rings. The van der Waals surface area contributed by atoms with E-state index in [1.54, 1.807) is 37.3 Å². The molecule has 5 nitrogen and oxygen atoms in total. The van der Waals surface area contributed by atoms with Gasteiger partial charge < -0.3 is 14.9 Å². The second kappa shape index (κ2) is 7.96. The highest BCUT2D eigenvalue weighted by Gasteiger charge is 2.63. The van der Waals surface area contributed by atoms with E-state index >= 15 is 0 Å². The molecule has 1 aromatic carbocycles. The second-order valence-corrected chi connectivity index (χ2v) is 10.6. The number of carbonyl (C=O) groups excluding carboxylic acids is 2. The zero-order valence-electron chi connectivity index (χ0n) is 19.5. The first-order valence-corrected chi connectivity index (χ1v) is 11.5. The number of aliphatic hydroxyl groups excluding tert-OH is 2. The molecule has 3 aliphatic carbocycles. The van der Waals surface area contributed by atoms with Gasteiger partial charge in [-0.2, -0.15) is 0 Å². The Bertz CT molecular complexity index is 975. The van der Waals surface area contributed by atoms with E-state index in [9.17, 15) is 19.8 Å². The fourth-order valence-corrected chi connectivity index (χ4v) is 5.97. The number of rotatable bonds is 2. The standard InChI is InChI=1S/C27H34O5/c1-15-11-12-19-20(26(19,4)5)13-16(2)24(30)27(14-17(3)23(29)21(27)22(15)28)32-25(31)18-9-7-6-8-10-18/h6-11,13,17,19-23,28-29H,12,14H2,1-5H3/b15-11-,16-13+/t17-,19-,20+,21-,22+,23-,27+/m0/s1. The number of carbonyl (C=O) groups is 2. The molecule has 2 N–H and O–H groups in total. The van der Waals surface area contributed by atoms with Gasteiger partial charge in [0.15, 0.2) is 5.60 Å². The molecular weight excluding hydrogens is 404 g/mol. The average molecular weight is 439 g/mol. The Morgan fingerprint density at radius 2 is 1.78 bits per heavy atom. The lowest BCUT2D eigenvalue weighted by Gasteiger charge is -2.37. The maximum absolute atomic E-state index is 14.0. The maximum atomic E-state index is 14.0. The number of esters is 1. The number of ether oxygens (including phenoxy) is 1. The van der Waals surface area contributed by atoms with Crippen LogP contribution in [0.2, 0.25) is 0 Å². The molecule has 32 heavy (non-hydrogen) atoms. The molecule has 0 unspecified atom stereocenters. The lowest BCUT2D eigenvalue weighted by Crippen LogP contribution is -2.53. The highest BCUT2D eigenvalue weighted by molar-refractivity contribution is 6.04. The molecule has 2 fully saturated rings. The number of benzene rings is 1. The summed E-state index contributed by atoms with van der Waals surface area (Å²) < 4.78 is 6.03. The van der Waals surface area contributed by atoms with Gasteiger partial charge in [-0.1, -0.05) is 51.1 Å². The van der Waals surface area contributed by atoms with Crippen LogP contribution in [0.3, 0.4) is 0 Å². The molecule has 5 heteroatoms. The number of aliphatic hydroxyl groups is 2. The summed E-state index contributed by atoms with van der Waals surface area (Å²) in [4.78, 5) is 27.1. The summed E-state index contributed by atoms with van der Waals surface area (Å²) in [6.45, 7) is 9.81. The van der Waals surface area contributed by atoms with E-state index in [1.807, 2.05) is 26.0 Å². The van der Waals surface area contributed by atoms with Gasteiger partial charge in [0.2, 0.25) is 5.78 Å². The monoisotopic (exact) mass is 438 g/mol. The minimum atomic E-state index is -1.63. The highest BCUT2D eigenvalue weighted by Crippen LogP contribution is 2.62. The zero-order valence-corrected chi connectivity index (χ0v) is 19.5. The third-order valence-electron chi connectivity index (χ3n) is 8.21. The molecule has 0 aliphatic heterocycles. The number of hydrogen-bond donors (Lipinski definition) is 2. The molecule has 0 amide bonds. The lowest BCUT2D eigenvalue weighted by atomic mass is 9.77. The van der Waals surface area contributed by atoms with Crippen LogP contribution in [-0.2, 0) is 9.53 Å². The largest absolute Gasteiger partial charge is 0.447 e. The van der Waals surface area contributed by atoms with E-state index in [1.165, 1.54) is 0 Å². The van der Waals surface area contributed by atoms with E-state index in [-0.39, 0.29) is 29.5 Å². The summed E-state index contributed by atoms with van der Waals surface area (Å²) in [6, 6.07) is 8.55. The topological polar surface area (TPSA) is 83.8 Å². The predicted octanol–water partition coefficient (Wildman–Crippen LogP) is 4.10. The van der Waals surface area contributed by atoms with Gasteiger partial charge in [0.1, 0.15) is 0 Å². The Morgan fingerprint density at radius 3 is 2.44 bits per heavy atom. The summed E-state index contributed by atoms with van der Waals surface area (Å²) >= 11 is 0. The lowest BCUT2D eigenvalue weighted by molar-refractivity contribution is -0.146. The first kappa shape index (κ1) is 22.9. The summed E-state index contributed by atoms with van der Waals surface area (Å²) in [6.07, 6.45) is 2.94. The first-order valence-electron chi connectivity index (χ1n) is 11.5. The van der Waals surface area contributed by atoms with Crippen molar-refractivity contribution in [2.45, 2.75) is 65.3 Å². The Kier molecular flexibility index (Phi) is 5.71. The average Bonchev–Trinajstić information content (AvgIpc) is 3.16. The first-order chi connectivity index (χ1) is 15.0. The molecule has 7 atom stereocenters. The smallest absolute Gasteiger partial charge is 0.339 e. The summed E-state index contributed by atoms with van der Waals surface area (Å²) in [7, 11) is 0. The van der Waals surface area contributed by atoms with Crippen LogP contribution >= 0.6 is 0 Å². The van der Waals surface area contributed by atoms with Gasteiger partial charge in [-0.15, -0.1) is 0 Å². The second-order valence-electron chi connectivity index (χ2n) is 10.6. The van der Waals surface area contributed by atoms with Crippen LogP contribution in [0.4, 0.5) is 0 Å². The van der Waals surface area contributed by atoms with Gasteiger partial charge >= 0.3 is 5.97 Å². The quantitative estimate of drug-likeness (QED) is 0.537. The van der Waals surface area contributed by atoms with Crippen LogP contribution in [0, 0.1) is 29.1 Å². The Morgan fingerprint density at radius 1 is 1.12 bits per heavy atom. The molecule has 0 bridgehead atoms. The van der Waals surface area contributed by atoms with Crippen molar-refractivity contribution in [3.8, 4) is 0 Å². The molecule has 4 rings (SSSR count). The van der Waals surface area contributed by atoms with Crippen molar-refractivity contribution in [3.63, 3.8) is 0 Å². The summed E-state index contributed by atoms with van der Waals surface area (Å²) in [5.74, 6) is -1.54. The summed E-state index contributed by atoms with van der Waals surface area (Å²) in [5.41, 5.74) is 0.0166. The SMILES string of the molecule is C/C1=C/C[C@H]2[C@@H](/C=C(\C)C(=O)[C@@]3(OC(=O)c4ccccc4)C[C@H](C)[C@H](O)[C@@H]3[C@@H]1O)C2(C)C. The third kappa shape index (κ3) is 3.56. The van der Waals surface area contributed by atoms with Crippen molar-refractivity contribution in [1.29, 1.82) is 0 Å². The predicted molar refractivity (Wildman–Crippen MR) is 122 cm³/mol. The van der Waals surface area contributed by atoms with E-state index < -0.39 is 29.7 Å². The van der Waals surface area contributed by atoms with Crippen molar-refractivity contribution < 1.29 is 24.5 Å². The van der Waals surface area contributed by atoms with Crippen LogP contribution in [0.25, 0.3) is 0 Å². The van der Waals surface area contributed by atoms with Gasteiger partial charge in [0, 0.05) is 6.42 Å². The minimum absolute atomic E-state index is 0.0677. The van der Waals surface area contributed by atoms with Crippen LogP contribution in [-0.4, -0.2) is 39.8 Å². The van der Waals surface area contributed by atoms with Gasteiger partial charge in [-0.05, 0) is 66.7 Å². The van der Waals surface area contributed by atoms with E-state index in [0.717, 1.165) is 6.42 Å². The molecule has 0 heterocycles. The van der Waals surface area contributed by atoms with Crippen molar-refractivity contribution in [2.24, 2.45) is 29.1 Å². The Labute approximate surface area is 190 Å². The van der Waals surface area contributed by atoms with Gasteiger partial charge in [0.25, 0.3) is 0 Å². The molecule has 0 saturated heterocycles. The molecule has 0 aromatic heterocycles. The normalized spacial score (nSPS) is 41.8. The van der Waals surface area contributed by atoms with Crippen LogP contribution in [0.15, 0.2) is 53.6 Å². The molecule has 172 valence electrons. The number of allylic oxidation sites excluding steroid dienone is 2. The van der Waals surface area contributed by atoms with Gasteiger partial charge in [-0.3, -0.25) is 4.79 Å². The van der Waals surface area contributed by atoms with Gasteiger partial charge in [-0.25, -0.2) is 4.79 Å². The molecule has 0 spiro atoms. The number of hydrogen-bond acceptors (Lipinski definition) is 5. The maximum Gasteiger partial charge on any atom is 0.339 e. The number of fused-ring (bicyclic) bond motifs is 2. The Balaban J connectivity index is 1.83. The van der Waals surface area contributed by atoms with E-state index in [2.05, 4.69) is 13.8 Å². The van der Waals surface area contributed by atoms with Gasteiger partial charge in [0.05, 0.1) is 23.7 Å². The van der Waals surface area contributed by atoms with Crippen LogP contribution in [0.1, 0.15) is 57.8 Å². The number of Topliss-reactive ketones (excluding diaryl/α,β-unsaturated/α-hetero) is 1. The van der Waals surface area contributed by atoms with Crippen molar-refractivity contribution in [2.75, 3.05) is 0 Å². The third-order valence-corrected chi connectivity index (χ3v) is 8.21.